The summed E-state index contributed by atoms with van der Waals surface area (Å²) in [4.78, 5) is 41.5. The molecule has 1 aromatic rings. The van der Waals surface area contributed by atoms with Crippen LogP contribution in [0.2, 0.25) is 0 Å². The zero-order chi connectivity index (χ0) is 23.8. The van der Waals surface area contributed by atoms with Crippen LogP contribution >= 0.6 is 0 Å². The number of anilines is 1. The molecule has 10 nitrogen and oxygen atoms in total. The molecule has 2 heterocycles. The first-order valence-electron chi connectivity index (χ1n) is 11.5. The molecular formula is C22H31N5O5S. The predicted molar refractivity (Wildman–Crippen MR) is 122 cm³/mol. The van der Waals surface area contributed by atoms with Crippen LogP contribution in [-0.4, -0.2) is 84.7 Å². The molecule has 1 unspecified atom stereocenters. The Bertz CT molecular complexity index is 1050. The predicted octanol–water partition coefficient (Wildman–Crippen LogP) is 1.20. The second-order valence-electron chi connectivity index (χ2n) is 8.93. The maximum atomic E-state index is 13.1. The van der Waals surface area contributed by atoms with Crippen LogP contribution in [0.3, 0.4) is 0 Å². The SMILES string of the molecule is CCN1CCN(S(=O)(=O)c2cccc(NC(=O)C(C)N3C(=O)NC4(CCCC4)C3=O)c2)CC1. The molecule has 4 amide bonds. The van der Waals surface area contributed by atoms with E-state index in [1.165, 1.54) is 23.4 Å². The lowest BCUT2D eigenvalue weighted by molar-refractivity contribution is -0.136. The molecule has 1 saturated carbocycles. The Kier molecular flexibility index (Phi) is 6.47. The summed E-state index contributed by atoms with van der Waals surface area (Å²) in [6.07, 6.45) is 2.87. The Morgan fingerprint density at radius 2 is 1.82 bits per heavy atom. The zero-order valence-electron chi connectivity index (χ0n) is 19.0. The van der Waals surface area contributed by atoms with Crippen LogP contribution in [0.4, 0.5) is 10.5 Å². The molecular weight excluding hydrogens is 446 g/mol. The molecule has 2 aliphatic heterocycles. The quantitative estimate of drug-likeness (QED) is 0.595. The van der Waals surface area contributed by atoms with Gasteiger partial charge in [0.2, 0.25) is 15.9 Å². The monoisotopic (exact) mass is 477 g/mol. The summed E-state index contributed by atoms with van der Waals surface area (Å²) in [5.41, 5.74) is -0.593. The van der Waals surface area contributed by atoms with Crippen molar-refractivity contribution in [1.82, 2.24) is 19.4 Å². The molecule has 33 heavy (non-hydrogen) atoms. The Morgan fingerprint density at radius 1 is 1.15 bits per heavy atom. The fourth-order valence-electron chi connectivity index (χ4n) is 4.84. The van der Waals surface area contributed by atoms with Gasteiger partial charge in [0.1, 0.15) is 11.6 Å². The number of hydrogen-bond donors (Lipinski definition) is 2. The van der Waals surface area contributed by atoms with E-state index in [0.29, 0.717) is 44.7 Å². The molecule has 4 rings (SSSR count). The largest absolute Gasteiger partial charge is 0.325 e. The van der Waals surface area contributed by atoms with Crippen molar-refractivity contribution in [2.24, 2.45) is 0 Å². The first-order valence-corrected chi connectivity index (χ1v) is 12.9. The minimum absolute atomic E-state index is 0.0952. The minimum atomic E-state index is -3.69. The third kappa shape index (κ3) is 4.36. The number of urea groups is 1. The molecule has 3 aliphatic rings. The fraction of sp³-hybridized carbons (Fsp3) is 0.591. The smallest absolute Gasteiger partial charge is 0.324 e. The Morgan fingerprint density at radius 3 is 2.45 bits per heavy atom. The van der Waals surface area contributed by atoms with Gasteiger partial charge in [0, 0.05) is 31.9 Å². The molecule has 11 heteroatoms. The maximum absolute atomic E-state index is 13.1. The standard InChI is InChI=1S/C22H31N5O5S/c1-3-25-11-13-26(14-12-25)33(31,32)18-8-6-7-17(15-18)23-19(28)16(2)27-20(29)22(24-21(27)30)9-4-5-10-22/h6-8,15-16H,3-5,9-14H2,1-2H3,(H,23,28)(H,24,30). The number of nitrogens with zero attached hydrogens (tertiary/aromatic N) is 3. The number of amides is 4. The van der Waals surface area contributed by atoms with Crippen LogP contribution in [0.1, 0.15) is 39.5 Å². The van der Waals surface area contributed by atoms with Crippen LogP contribution in [0, 0.1) is 0 Å². The van der Waals surface area contributed by atoms with E-state index < -0.39 is 33.5 Å². The van der Waals surface area contributed by atoms with Crippen molar-refractivity contribution in [1.29, 1.82) is 0 Å². The van der Waals surface area contributed by atoms with Gasteiger partial charge >= 0.3 is 6.03 Å². The van der Waals surface area contributed by atoms with Gasteiger partial charge < -0.3 is 15.5 Å². The van der Waals surface area contributed by atoms with E-state index >= 15 is 0 Å². The molecule has 1 atom stereocenters. The first kappa shape index (κ1) is 23.7. The first-order chi connectivity index (χ1) is 15.7. The number of likely N-dealkylation sites (N-methyl/N-ethyl adjacent to an activating group) is 1. The van der Waals surface area contributed by atoms with Gasteiger partial charge in [-0.15, -0.1) is 0 Å². The number of benzene rings is 1. The van der Waals surface area contributed by atoms with E-state index in [0.717, 1.165) is 24.3 Å². The average molecular weight is 478 g/mol. The lowest BCUT2D eigenvalue weighted by Gasteiger charge is -2.33. The summed E-state index contributed by atoms with van der Waals surface area (Å²) >= 11 is 0. The summed E-state index contributed by atoms with van der Waals surface area (Å²) in [6.45, 7) is 6.61. The van der Waals surface area contributed by atoms with Gasteiger partial charge in [-0.2, -0.15) is 4.31 Å². The second-order valence-corrected chi connectivity index (χ2v) is 10.9. The molecule has 180 valence electrons. The minimum Gasteiger partial charge on any atom is -0.324 e. The molecule has 0 bridgehead atoms. The van der Waals surface area contributed by atoms with Gasteiger partial charge in [0.05, 0.1) is 4.90 Å². The van der Waals surface area contributed by atoms with Crippen LogP contribution in [0.25, 0.3) is 0 Å². The molecule has 1 aromatic carbocycles. The van der Waals surface area contributed by atoms with E-state index in [1.807, 2.05) is 6.92 Å². The Balaban J connectivity index is 1.45. The summed E-state index contributed by atoms with van der Waals surface area (Å²) in [5, 5.41) is 5.44. The van der Waals surface area contributed by atoms with Crippen molar-refractivity contribution in [2.75, 3.05) is 38.0 Å². The number of carbonyl (C=O) groups is 3. The molecule has 2 saturated heterocycles. The Hall–Kier alpha value is -2.50. The van der Waals surface area contributed by atoms with Crippen LogP contribution in [-0.2, 0) is 19.6 Å². The molecule has 2 N–H and O–H groups in total. The van der Waals surface area contributed by atoms with Crippen molar-refractivity contribution >= 4 is 33.6 Å². The van der Waals surface area contributed by atoms with Gasteiger partial charge in [-0.05, 0) is 44.5 Å². The van der Waals surface area contributed by atoms with Crippen molar-refractivity contribution in [2.45, 2.75) is 56.0 Å². The average Bonchev–Trinajstić information content (AvgIpc) is 3.37. The fourth-order valence-corrected chi connectivity index (χ4v) is 6.31. The van der Waals surface area contributed by atoms with Gasteiger partial charge in [0.15, 0.2) is 0 Å². The summed E-state index contributed by atoms with van der Waals surface area (Å²) in [7, 11) is -3.69. The summed E-state index contributed by atoms with van der Waals surface area (Å²) in [5.74, 6) is -0.921. The van der Waals surface area contributed by atoms with Crippen LogP contribution < -0.4 is 10.6 Å². The van der Waals surface area contributed by atoms with E-state index in [-0.39, 0.29) is 10.8 Å². The van der Waals surface area contributed by atoms with Gasteiger partial charge in [0.25, 0.3) is 5.91 Å². The highest BCUT2D eigenvalue weighted by molar-refractivity contribution is 7.89. The summed E-state index contributed by atoms with van der Waals surface area (Å²) in [6, 6.07) is 4.48. The third-order valence-corrected chi connectivity index (χ3v) is 8.83. The molecule has 0 aromatic heterocycles. The van der Waals surface area contributed by atoms with Crippen LogP contribution in [0.15, 0.2) is 29.2 Å². The zero-order valence-corrected chi connectivity index (χ0v) is 19.9. The van der Waals surface area contributed by atoms with Crippen LogP contribution in [0.5, 0.6) is 0 Å². The number of imide groups is 1. The van der Waals surface area contributed by atoms with Crippen molar-refractivity contribution in [3.63, 3.8) is 0 Å². The Labute approximate surface area is 194 Å². The third-order valence-electron chi connectivity index (χ3n) is 6.93. The summed E-state index contributed by atoms with van der Waals surface area (Å²) < 4.78 is 27.6. The van der Waals surface area contributed by atoms with E-state index in [1.54, 1.807) is 12.1 Å². The normalized spacial score (nSPS) is 22.5. The lowest BCUT2D eigenvalue weighted by Crippen LogP contribution is -2.48. The van der Waals surface area contributed by atoms with Crippen molar-refractivity contribution in [3.8, 4) is 0 Å². The van der Waals surface area contributed by atoms with E-state index in [2.05, 4.69) is 15.5 Å². The van der Waals surface area contributed by atoms with Gasteiger partial charge in [-0.1, -0.05) is 25.8 Å². The number of hydrogen-bond acceptors (Lipinski definition) is 6. The van der Waals surface area contributed by atoms with E-state index in [9.17, 15) is 22.8 Å². The van der Waals surface area contributed by atoms with Gasteiger partial charge in [-0.25, -0.2) is 18.1 Å². The number of carbonyl (C=O) groups excluding carboxylic acids is 3. The second kappa shape index (κ2) is 9.03. The highest BCUT2D eigenvalue weighted by Crippen LogP contribution is 2.36. The number of nitrogens with one attached hydrogen (secondary N) is 2. The number of rotatable bonds is 6. The lowest BCUT2D eigenvalue weighted by atomic mass is 9.97. The number of piperazine rings is 1. The van der Waals surface area contributed by atoms with Gasteiger partial charge in [-0.3, -0.25) is 9.59 Å². The van der Waals surface area contributed by atoms with Crippen molar-refractivity contribution < 1.29 is 22.8 Å². The molecule has 1 aliphatic carbocycles. The van der Waals surface area contributed by atoms with E-state index in [4.69, 9.17) is 0 Å². The topological polar surface area (TPSA) is 119 Å². The molecule has 1 spiro atoms. The highest BCUT2D eigenvalue weighted by atomic mass is 32.2. The maximum Gasteiger partial charge on any atom is 0.325 e. The van der Waals surface area contributed by atoms with Crippen molar-refractivity contribution in [3.05, 3.63) is 24.3 Å². The molecule has 0 radical (unpaired) electrons. The molecule has 3 fully saturated rings. The number of sulfonamides is 1. The highest BCUT2D eigenvalue weighted by Gasteiger charge is 2.54.